The third-order valence-corrected chi connectivity index (χ3v) is 5.81. The number of ether oxygens (including phenoxy) is 1. The first-order chi connectivity index (χ1) is 14.9. The van der Waals surface area contributed by atoms with Crippen LogP contribution in [0.15, 0.2) is 54.1 Å². The number of methoxy groups -OCH3 is 1. The number of likely N-dealkylation sites (N-methyl/N-ethyl adjacent to an activating group) is 1. The van der Waals surface area contributed by atoms with Crippen LogP contribution in [0.3, 0.4) is 0 Å². The number of carbonyl (C=O) groups is 2. The van der Waals surface area contributed by atoms with Crippen molar-refractivity contribution in [2.45, 2.75) is 26.8 Å². The lowest BCUT2D eigenvalue weighted by Gasteiger charge is -2.28. The summed E-state index contributed by atoms with van der Waals surface area (Å²) >= 11 is 0. The van der Waals surface area contributed by atoms with Crippen LogP contribution in [0.4, 0.5) is 0 Å². The molecule has 1 aliphatic rings. The number of Topliss-reactive ketones (excluding diaryl/α,β-unsaturated/α-hetero) is 1. The number of aliphatic hydroxyl groups is 1. The first-order valence-electron chi connectivity index (χ1n) is 10.6. The Bertz CT molecular complexity index is 995. The van der Waals surface area contributed by atoms with Crippen molar-refractivity contribution in [3.8, 4) is 5.75 Å². The van der Waals surface area contributed by atoms with Crippen molar-refractivity contribution in [1.82, 2.24) is 9.80 Å². The molecule has 1 amide bonds. The van der Waals surface area contributed by atoms with E-state index < -0.39 is 17.7 Å². The Morgan fingerprint density at radius 1 is 1.10 bits per heavy atom. The second-order valence-electron chi connectivity index (χ2n) is 7.63. The van der Waals surface area contributed by atoms with Gasteiger partial charge in [-0.05, 0) is 37.7 Å². The monoisotopic (exact) mass is 422 g/mol. The van der Waals surface area contributed by atoms with Crippen LogP contribution in [0.2, 0.25) is 0 Å². The van der Waals surface area contributed by atoms with Crippen LogP contribution >= 0.6 is 0 Å². The standard InChI is InChI=1S/C25H30N2O4/c1-5-26(6-2)14-15-27-22(18-11-9-10-17(3)16-18)21(24(29)25(27)30)23(28)19-12-7-8-13-20(19)31-4/h7-13,16,22,28H,5-6,14-15H2,1-4H3/b23-21-. The van der Waals surface area contributed by atoms with Gasteiger partial charge < -0.3 is 19.6 Å². The largest absolute Gasteiger partial charge is 0.507 e. The SMILES string of the molecule is CCN(CC)CCN1C(=O)C(=O)/C(=C(\O)c2ccccc2OC)C1c1cccc(C)c1. The van der Waals surface area contributed by atoms with E-state index in [0.29, 0.717) is 24.4 Å². The molecule has 0 bridgehead atoms. The van der Waals surface area contributed by atoms with Crippen LogP contribution in [0.1, 0.15) is 36.6 Å². The maximum atomic E-state index is 13.1. The molecule has 1 N–H and O–H groups in total. The normalized spacial score (nSPS) is 18.1. The highest BCUT2D eigenvalue weighted by molar-refractivity contribution is 6.46. The van der Waals surface area contributed by atoms with Gasteiger partial charge in [-0.3, -0.25) is 9.59 Å². The Labute approximate surface area is 183 Å². The molecule has 6 heteroatoms. The van der Waals surface area contributed by atoms with E-state index in [1.165, 1.54) is 7.11 Å². The predicted molar refractivity (Wildman–Crippen MR) is 121 cm³/mol. The number of hydrogen-bond acceptors (Lipinski definition) is 5. The summed E-state index contributed by atoms with van der Waals surface area (Å²) in [5, 5.41) is 11.2. The number of rotatable bonds is 8. The quantitative estimate of drug-likeness (QED) is 0.398. The molecule has 1 heterocycles. The van der Waals surface area contributed by atoms with Crippen LogP contribution in [-0.4, -0.2) is 59.9 Å². The van der Waals surface area contributed by atoms with E-state index in [0.717, 1.165) is 24.2 Å². The van der Waals surface area contributed by atoms with Gasteiger partial charge in [0.25, 0.3) is 11.7 Å². The fourth-order valence-electron chi connectivity index (χ4n) is 4.07. The van der Waals surface area contributed by atoms with E-state index in [9.17, 15) is 14.7 Å². The summed E-state index contributed by atoms with van der Waals surface area (Å²) in [4.78, 5) is 29.9. The third kappa shape index (κ3) is 4.49. The zero-order valence-corrected chi connectivity index (χ0v) is 18.6. The molecule has 0 radical (unpaired) electrons. The minimum absolute atomic E-state index is 0.0969. The van der Waals surface area contributed by atoms with Gasteiger partial charge in [0.15, 0.2) is 0 Å². The van der Waals surface area contributed by atoms with Crippen LogP contribution in [0.25, 0.3) is 5.76 Å². The Morgan fingerprint density at radius 2 is 1.81 bits per heavy atom. The molecule has 2 aromatic carbocycles. The molecule has 0 aromatic heterocycles. The molecule has 0 aliphatic carbocycles. The molecule has 31 heavy (non-hydrogen) atoms. The highest BCUT2D eigenvalue weighted by atomic mass is 16.5. The summed E-state index contributed by atoms with van der Waals surface area (Å²) in [6.45, 7) is 8.86. The molecule has 0 spiro atoms. The summed E-state index contributed by atoms with van der Waals surface area (Å²) in [6.07, 6.45) is 0. The lowest BCUT2D eigenvalue weighted by atomic mass is 9.94. The molecule has 1 saturated heterocycles. The van der Waals surface area contributed by atoms with Crippen molar-refractivity contribution in [3.63, 3.8) is 0 Å². The van der Waals surface area contributed by atoms with E-state index in [4.69, 9.17) is 4.74 Å². The van der Waals surface area contributed by atoms with Gasteiger partial charge in [-0.15, -0.1) is 0 Å². The average Bonchev–Trinajstić information content (AvgIpc) is 3.04. The molecule has 3 rings (SSSR count). The molecule has 1 atom stereocenters. The summed E-state index contributed by atoms with van der Waals surface area (Å²) < 4.78 is 5.37. The molecule has 1 unspecified atom stereocenters. The van der Waals surface area contributed by atoms with Gasteiger partial charge in [0.05, 0.1) is 24.3 Å². The molecule has 164 valence electrons. The lowest BCUT2D eigenvalue weighted by molar-refractivity contribution is -0.140. The maximum Gasteiger partial charge on any atom is 0.295 e. The number of amides is 1. The summed E-state index contributed by atoms with van der Waals surface area (Å²) in [6, 6.07) is 14.0. The lowest BCUT2D eigenvalue weighted by Crippen LogP contribution is -2.38. The van der Waals surface area contributed by atoms with Gasteiger partial charge in [-0.1, -0.05) is 55.8 Å². The number of aryl methyl sites for hydroxylation is 1. The van der Waals surface area contributed by atoms with Gasteiger partial charge in [0.2, 0.25) is 0 Å². The second kappa shape index (κ2) is 9.79. The van der Waals surface area contributed by atoms with Crippen molar-refractivity contribution in [2.75, 3.05) is 33.3 Å². The van der Waals surface area contributed by atoms with Gasteiger partial charge >= 0.3 is 0 Å². The van der Waals surface area contributed by atoms with E-state index in [2.05, 4.69) is 18.7 Å². The molecule has 6 nitrogen and oxygen atoms in total. The van der Waals surface area contributed by atoms with E-state index in [1.807, 2.05) is 31.2 Å². The fourth-order valence-corrected chi connectivity index (χ4v) is 4.07. The van der Waals surface area contributed by atoms with Crippen molar-refractivity contribution < 1.29 is 19.4 Å². The minimum atomic E-state index is -0.672. The summed E-state index contributed by atoms with van der Waals surface area (Å²) in [7, 11) is 1.51. The molecule has 0 saturated carbocycles. The summed E-state index contributed by atoms with van der Waals surface area (Å²) in [5.41, 5.74) is 2.31. The van der Waals surface area contributed by atoms with Crippen molar-refractivity contribution in [2.24, 2.45) is 0 Å². The van der Waals surface area contributed by atoms with E-state index >= 15 is 0 Å². The van der Waals surface area contributed by atoms with Crippen LogP contribution in [-0.2, 0) is 9.59 Å². The predicted octanol–water partition coefficient (Wildman–Crippen LogP) is 3.77. The molecule has 2 aromatic rings. The van der Waals surface area contributed by atoms with Gasteiger partial charge in [-0.25, -0.2) is 0 Å². The van der Waals surface area contributed by atoms with Gasteiger partial charge in [0.1, 0.15) is 11.5 Å². The zero-order chi connectivity index (χ0) is 22.5. The second-order valence-corrected chi connectivity index (χ2v) is 7.63. The van der Waals surface area contributed by atoms with Crippen molar-refractivity contribution in [1.29, 1.82) is 0 Å². The van der Waals surface area contributed by atoms with E-state index in [1.54, 1.807) is 29.2 Å². The number of benzene rings is 2. The molecular weight excluding hydrogens is 392 g/mol. The smallest absolute Gasteiger partial charge is 0.295 e. The Hall–Kier alpha value is -3.12. The zero-order valence-electron chi connectivity index (χ0n) is 18.6. The fraction of sp³-hybridized carbons (Fsp3) is 0.360. The minimum Gasteiger partial charge on any atom is -0.507 e. The Morgan fingerprint density at radius 3 is 2.45 bits per heavy atom. The number of likely N-dealkylation sites (tertiary alicyclic amines) is 1. The Kier molecular flexibility index (Phi) is 7.13. The van der Waals surface area contributed by atoms with Crippen LogP contribution in [0, 0.1) is 6.92 Å². The first-order valence-corrected chi connectivity index (χ1v) is 10.6. The summed E-state index contributed by atoms with van der Waals surface area (Å²) in [5.74, 6) is -1.03. The molecule has 1 fully saturated rings. The first kappa shape index (κ1) is 22.6. The number of aliphatic hydroxyl groups excluding tert-OH is 1. The highest BCUT2D eigenvalue weighted by Gasteiger charge is 2.46. The molecular formula is C25H30N2O4. The van der Waals surface area contributed by atoms with Gasteiger partial charge in [-0.2, -0.15) is 0 Å². The number of para-hydroxylation sites is 1. The molecule has 1 aliphatic heterocycles. The van der Waals surface area contributed by atoms with Crippen LogP contribution < -0.4 is 4.74 Å². The van der Waals surface area contributed by atoms with Gasteiger partial charge in [0, 0.05) is 13.1 Å². The number of hydrogen-bond donors (Lipinski definition) is 1. The van der Waals surface area contributed by atoms with Crippen molar-refractivity contribution in [3.05, 3.63) is 70.8 Å². The number of carbonyl (C=O) groups excluding carboxylic acids is 2. The maximum absolute atomic E-state index is 13.1. The number of nitrogens with zero attached hydrogens (tertiary/aromatic N) is 2. The van der Waals surface area contributed by atoms with E-state index in [-0.39, 0.29) is 11.3 Å². The highest BCUT2D eigenvalue weighted by Crippen LogP contribution is 2.40. The topological polar surface area (TPSA) is 70.1 Å². The third-order valence-electron chi connectivity index (χ3n) is 5.81. The van der Waals surface area contributed by atoms with Crippen molar-refractivity contribution >= 4 is 17.4 Å². The Balaban J connectivity index is 2.14. The average molecular weight is 423 g/mol. The number of ketones is 1. The van der Waals surface area contributed by atoms with Crippen LogP contribution in [0.5, 0.6) is 5.75 Å².